The van der Waals surface area contributed by atoms with Crippen molar-refractivity contribution in [2.45, 2.75) is 6.42 Å². The zero-order valence-electron chi connectivity index (χ0n) is 9.06. The lowest BCUT2D eigenvalue weighted by atomic mass is 10.2. The molecule has 0 bridgehead atoms. The molecule has 3 N–H and O–H groups in total. The van der Waals surface area contributed by atoms with Crippen molar-refractivity contribution in [3.8, 4) is 0 Å². The van der Waals surface area contributed by atoms with Crippen molar-refractivity contribution in [1.82, 2.24) is 20.3 Å². The van der Waals surface area contributed by atoms with E-state index in [0.717, 1.165) is 5.69 Å². The maximum atomic E-state index is 11.6. The highest BCUT2D eigenvalue weighted by molar-refractivity contribution is 5.93. The van der Waals surface area contributed by atoms with Crippen molar-refractivity contribution in [2.75, 3.05) is 6.54 Å². The molecule has 0 aliphatic heterocycles. The maximum Gasteiger partial charge on any atom is 0.256 e. The second kappa shape index (κ2) is 5.11. The Labute approximate surface area is 97.1 Å². The summed E-state index contributed by atoms with van der Waals surface area (Å²) in [5, 5.41) is 2.67. The van der Waals surface area contributed by atoms with Gasteiger partial charge in [0.25, 0.3) is 5.91 Å². The zero-order valence-corrected chi connectivity index (χ0v) is 9.06. The minimum Gasteiger partial charge on any atom is -0.367 e. The van der Waals surface area contributed by atoms with E-state index < -0.39 is 0 Å². The Balaban J connectivity index is 1.90. The molecule has 88 valence electrons. The van der Waals surface area contributed by atoms with Crippen LogP contribution in [0.2, 0.25) is 0 Å². The van der Waals surface area contributed by atoms with Crippen molar-refractivity contribution >= 4 is 5.91 Å². The molecule has 0 saturated heterocycles. The molecule has 0 fully saturated rings. The van der Waals surface area contributed by atoms with E-state index in [1.807, 2.05) is 0 Å². The first-order valence-corrected chi connectivity index (χ1v) is 5.20. The lowest BCUT2D eigenvalue weighted by Gasteiger charge is -2.03. The molecule has 2 heterocycles. The summed E-state index contributed by atoms with van der Waals surface area (Å²) in [5.41, 5.74) is 0.771. The number of H-pyrrole nitrogens is 2. The van der Waals surface area contributed by atoms with Crippen LogP contribution in [0.3, 0.4) is 0 Å². The van der Waals surface area contributed by atoms with Gasteiger partial charge < -0.3 is 15.3 Å². The highest BCUT2D eigenvalue weighted by Gasteiger charge is 2.08. The molecule has 17 heavy (non-hydrogen) atoms. The van der Waals surface area contributed by atoms with Crippen LogP contribution >= 0.6 is 0 Å². The summed E-state index contributed by atoms with van der Waals surface area (Å²) < 4.78 is 0. The van der Waals surface area contributed by atoms with Gasteiger partial charge in [-0.3, -0.25) is 9.59 Å². The van der Waals surface area contributed by atoms with E-state index in [0.29, 0.717) is 13.0 Å². The van der Waals surface area contributed by atoms with Crippen molar-refractivity contribution in [3.05, 3.63) is 52.5 Å². The Morgan fingerprint density at radius 3 is 3.06 bits per heavy atom. The molecule has 2 aromatic rings. The highest BCUT2D eigenvalue weighted by atomic mass is 16.2. The number of imidazole rings is 1. The number of carbonyl (C=O) groups excluding carboxylic acids is 1. The number of aromatic amines is 2. The predicted molar refractivity (Wildman–Crippen MR) is 61.7 cm³/mol. The molecular formula is C11H12N4O2. The average Bonchev–Trinajstić information content (AvgIpc) is 2.82. The van der Waals surface area contributed by atoms with E-state index in [2.05, 4.69) is 20.3 Å². The average molecular weight is 232 g/mol. The standard InChI is InChI=1S/C11H12N4O2/c16-10-2-3-12-6-9(10)11(17)14-4-1-8-5-13-7-15-8/h2-3,5-7H,1,4H2,(H,12,16)(H,13,15)(H,14,17). The van der Waals surface area contributed by atoms with Gasteiger partial charge >= 0.3 is 0 Å². The molecule has 0 aliphatic rings. The van der Waals surface area contributed by atoms with Crippen LogP contribution in [-0.2, 0) is 6.42 Å². The molecule has 1 amide bonds. The van der Waals surface area contributed by atoms with Gasteiger partial charge in [-0.25, -0.2) is 4.98 Å². The molecular weight excluding hydrogens is 220 g/mol. The van der Waals surface area contributed by atoms with E-state index in [1.54, 1.807) is 12.5 Å². The second-order valence-electron chi connectivity index (χ2n) is 3.51. The Bertz CT molecular complexity index is 545. The van der Waals surface area contributed by atoms with E-state index in [9.17, 15) is 9.59 Å². The molecule has 0 aliphatic carbocycles. The monoisotopic (exact) mass is 232 g/mol. The lowest BCUT2D eigenvalue weighted by molar-refractivity contribution is 0.0952. The van der Waals surface area contributed by atoms with Gasteiger partial charge in [-0.1, -0.05) is 0 Å². The molecule has 6 nitrogen and oxygen atoms in total. The number of nitrogens with one attached hydrogen (secondary N) is 3. The number of hydrogen-bond acceptors (Lipinski definition) is 3. The van der Waals surface area contributed by atoms with E-state index in [4.69, 9.17) is 0 Å². The van der Waals surface area contributed by atoms with Crippen LogP contribution < -0.4 is 10.7 Å². The Morgan fingerprint density at radius 2 is 2.35 bits per heavy atom. The molecule has 0 unspecified atom stereocenters. The number of rotatable bonds is 4. The fourth-order valence-corrected chi connectivity index (χ4v) is 1.42. The molecule has 6 heteroatoms. The lowest BCUT2D eigenvalue weighted by Crippen LogP contribution is -2.30. The Kier molecular flexibility index (Phi) is 3.34. The van der Waals surface area contributed by atoms with Gasteiger partial charge in [0.05, 0.1) is 6.33 Å². The quantitative estimate of drug-likeness (QED) is 0.696. The van der Waals surface area contributed by atoms with Crippen molar-refractivity contribution in [3.63, 3.8) is 0 Å². The number of pyridine rings is 1. The van der Waals surface area contributed by atoms with Gasteiger partial charge in [-0.15, -0.1) is 0 Å². The molecule has 0 atom stereocenters. The topological polar surface area (TPSA) is 90.6 Å². The molecule has 0 spiro atoms. The SMILES string of the molecule is O=C(NCCc1cnc[nH]1)c1c[nH]ccc1=O. The summed E-state index contributed by atoms with van der Waals surface area (Å²) in [6, 6.07) is 1.32. The summed E-state index contributed by atoms with van der Waals surface area (Å²) in [4.78, 5) is 32.5. The molecule has 2 aromatic heterocycles. The minimum absolute atomic E-state index is 0.122. The van der Waals surface area contributed by atoms with Crippen LogP contribution in [0, 0.1) is 0 Å². The van der Waals surface area contributed by atoms with Crippen LogP contribution in [0.1, 0.15) is 16.1 Å². The number of amides is 1. The summed E-state index contributed by atoms with van der Waals surface area (Å²) in [7, 11) is 0. The molecule has 0 radical (unpaired) electrons. The smallest absolute Gasteiger partial charge is 0.256 e. The van der Waals surface area contributed by atoms with Crippen LogP contribution in [0.5, 0.6) is 0 Å². The van der Waals surface area contributed by atoms with Gasteiger partial charge in [0.1, 0.15) is 5.56 Å². The third-order valence-corrected chi connectivity index (χ3v) is 2.30. The predicted octanol–water partition coefficient (Wildman–Crippen LogP) is 0.0705. The first-order chi connectivity index (χ1) is 8.27. The number of aromatic nitrogens is 3. The minimum atomic E-state index is -0.369. The van der Waals surface area contributed by atoms with E-state index in [1.165, 1.54) is 18.5 Å². The van der Waals surface area contributed by atoms with Gasteiger partial charge in [0.15, 0.2) is 5.43 Å². The van der Waals surface area contributed by atoms with Gasteiger partial charge in [0.2, 0.25) is 0 Å². The number of hydrogen-bond donors (Lipinski definition) is 3. The molecule has 0 saturated carbocycles. The van der Waals surface area contributed by atoms with Crippen LogP contribution in [-0.4, -0.2) is 27.4 Å². The third kappa shape index (κ3) is 2.81. The summed E-state index contributed by atoms with van der Waals surface area (Å²) in [5.74, 6) is -0.369. The summed E-state index contributed by atoms with van der Waals surface area (Å²) in [6.07, 6.45) is 6.81. The van der Waals surface area contributed by atoms with Crippen molar-refractivity contribution < 1.29 is 4.79 Å². The molecule has 0 aromatic carbocycles. The van der Waals surface area contributed by atoms with Crippen LogP contribution in [0.25, 0.3) is 0 Å². The van der Waals surface area contributed by atoms with Crippen LogP contribution in [0.15, 0.2) is 35.8 Å². The fraction of sp³-hybridized carbons (Fsp3) is 0.182. The third-order valence-electron chi connectivity index (χ3n) is 2.30. The van der Waals surface area contributed by atoms with E-state index >= 15 is 0 Å². The fourth-order valence-electron chi connectivity index (χ4n) is 1.42. The van der Waals surface area contributed by atoms with Gasteiger partial charge in [-0.05, 0) is 0 Å². The van der Waals surface area contributed by atoms with Gasteiger partial charge in [-0.2, -0.15) is 0 Å². The first kappa shape index (κ1) is 11.1. The van der Waals surface area contributed by atoms with Crippen LogP contribution in [0.4, 0.5) is 0 Å². The molecule has 2 rings (SSSR count). The maximum absolute atomic E-state index is 11.6. The summed E-state index contributed by atoms with van der Waals surface area (Å²) in [6.45, 7) is 0.454. The zero-order chi connectivity index (χ0) is 12.1. The normalized spacial score (nSPS) is 10.1. The second-order valence-corrected chi connectivity index (χ2v) is 3.51. The number of nitrogens with zero attached hydrogens (tertiary/aromatic N) is 1. The summed E-state index contributed by atoms with van der Waals surface area (Å²) >= 11 is 0. The Hall–Kier alpha value is -2.37. The highest BCUT2D eigenvalue weighted by Crippen LogP contribution is 1.92. The van der Waals surface area contributed by atoms with Gasteiger partial charge in [0, 0.05) is 43.3 Å². The first-order valence-electron chi connectivity index (χ1n) is 5.20. The largest absolute Gasteiger partial charge is 0.367 e. The van der Waals surface area contributed by atoms with Crippen molar-refractivity contribution in [2.24, 2.45) is 0 Å². The van der Waals surface area contributed by atoms with Crippen molar-refractivity contribution in [1.29, 1.82) is 0 Å². The Morgan fingerprint density at radius 1 is 1.47 bits per heavy atom. The number of carbonyl (C=O) groups is 1. The van der Waals surface area contributed by atoms with E-state index in [-0.39, 0.29) is 16.9 Å².